The lowest BCUT2D eigenvalue weighted by Gasteiger charge is -2.59. The molecule has 0 aromatic heterocycles. The van der Waals surface area contributed by atoms with Gasteiger partial charge in [0.2, 0.25) is 12.6 Å². The number of carbonyl (C=O) groups is 2. The Kier molecular flexibility index (Phi) is 13.5. The maximum absolute atomic E-state index is 14.4. The van der Waals surface area contributed by atoms with Crippen molar-refractivity contribution in [3.05, 3.63) is 102 Å². The minimum absolute atomic E-state index is 0.0180. The number of fused-ring (bicyclic) bond motifs is 3. The highest BCUT2D eigenvalue weighted by atomic mass is 16.7. The smallest absolute Gasteiger partial charge is 0.410 e. The van der Waals surface area contributed by atoms with Crippen LogP contribution in [0.4, 0.5) is 4.79 Å². The van der Waals surface area contributed by atoms with Crippen molar-refractivity contribution in [2.24, 2.45) is 22.9 Å². The lowest BCUT2D eigenvalue weighted by atomic mass is 9.55. The van der Waals surface area contributed by atoms with Crippen molar-refractivity contribution in [1.82, 2.24) is 4.90 Å². The highest BCUT2D eigenvalue weighted by Crippen LogP contribution is 2.62. The van der Waals surface area contributed by atoms with Gasteiger partial charge in [-0.05, 0) is 98.0 Å². The second-order valence-corrected chi connectivity index (χ2v) is 15.3. The number of unbranched alkanes of at least 4 members (excludes halogenated alkanes) is 2. The Morgan fingerprint density at radius 1 is 0.983 bits per heavy atom. The molecule has 59 heavy (non-hydrogen) atoms. The van der Waals surface area contributed by atoms with Gasteiger partial charge in [0.25, 0.3) is 0 Å². The van der Waals surface area contributed by atoms with Crippen LogP contribution in [0, 0.1) is 17.8 Å². The van der Waals surface area contributed by atoms with Crippen molar-refractivity contribution in [2.75, 3.05) is 40.3 Å². The fraction of sp³-hybridized carbons (Fsp3) is 0.457. The SMILES string of the molecule is C=CCO[C@@]12Oc3ccc(Oc4cccc(C=O)c4)cc3[C@H]3[C@H](CCCCO)[C@@H](CCCCO)C=C(C(=NOC)C[C@@H]1N(Cc1ccc4c(c1)OCO4)C(=O)OCC)[C@H]32. The van der Waals surface area contributed by atoms with E-state index in [1.54, 1.807) is 42.2 Å². The number of rotatable bonds is 19. The molecule has 0 saturated heterocycles. The van der Waals surface area contributed by atoms with Gasteiger partial charge in [0.1, 0.15) is 36.7 Å². The zero-order valence-electron chi connectivity index (χ0n) is 33.8. The van der Waals surface area contributed by atoms with Crippen LogP contribution in [-0.2, 0) is 20.9 Å². The third kappa shape index (κ3) is 8.69. The van der Waals surface area contributed by atoms with Gasteiger partial charge in [-0.2, -0.15) is 0 Å². The Morgan fingerprint density at radius 2 is 1.76 bits per heavy atom. The average molecular weight is 811 g/mol. The molecule has 4 aliphatic rings. The van der Waals surface area contributed by atoms with Crippen LogP contribution in [0.2, 0.25) is 0 Å². The van der Waals surface area contributed by atoms with E-state index in [1.807, 2.05) is 36.4 Å². The number of ether oxygens (including phenoxy) is 6. The van der Waals surface area contributed by atoms with E-state index in [2.05, 4.69) is 17.8 Å². The van der Waals surface area contributed by atoms with Gasteiger partial charge in [-0.1, -0.05) is 48.3 Å². The molecule has 314 valence electrons. The number of aliphatic hydroxyl groups excluding tert-OH is 2. The predicted molar refractivity (Wildman–Crippen MR) is 219 cm³/mol. The first kappa shape index (κ1) is 41.8. The Hall–Kier alpha value is -5.37. The molecule has 1 fully saturated rings. The largest absolute Gasteiger partial charge is 0.459 e. The molecule has 3 aromatic rings. The Labute approximate surface area is 345 Å². The number of hydrogen-bond acceptors (Lipinski definition) is 12. The van der Waals surface area contributed by atoms with Crippen molar-refractivity contribution in [3.63, 3.8) is 0 Å². The van der Waals surface area contributed by atoms with Gasteiger partial charge in [-0.15, -0.1) is 6.58 Å². The molecule has 13 nitrogen and oxygen atoms in total. The van der Waals surface area contributed by atoms with Crippen molar-refractivity contribution < 1.29 is 53.1 Å². The third-order valence-corrected chi connectivity index (χ3v) is 11.7. The van der Waals surface area contributed by atoms with Crippen LogP contribution in [0.3, 0.4) is 0 Å². The second-order valence-electron chi connectivity index (χ2n) is 15.3. The molecular weight excluding hydrogens is 757 g/mol. The molecule has 0 radical (unpaired) electrons. The van der Waals surface area contributed by atoms with Crippen LogP contribution >= 0.6 is 0 Å². The van der Waals surface area contributed by atoms with Crippen LogP contribution < -0.4 is 18.9 Å². The highest BCUT2D eigenvalue weighted by molar-refractivity contribution is 6.03. The summed E-state index contributed by atoms with van der Waals surface area (Å²) in [6, 6.07) is 17.5. The quantitative estimate of drug-likeness (QED) is 0.0525. The standard InChI is InChI=1S/C46H54N2O11/c1-4-21-57-46-42(48(45(52)54-5-2)27-30-15-17-40-41(23-30)56-29-55-40)26-38(47-53-3)36-24-32(12-6-8-19-49)35(14-7-9-20-50)43(44(36)46)37-25-34(16-18-39(37)59-46)58-33-13-10-11-31(22-33)28-51/h4,10-11,13,15-18,22-25,28,32,35,42-44,49-50H,1,5-9,12,14,19-21,26-27,29H2,2-3H3/t32-,35+,42-,43+,44+,46+/m0/s1. The molecule has 7 rings (SSSR count). The first-order chi connectivity index (χ1) is 28.9. The molecule has 6 atom stereocenters. The molecule has 0 bridgehead atoms. The predicted octanol–water partition coefficient (Wildman–Crippen LogP) is 7.94. The summed E-state index contributed by atoms with van der Waals surface area (Å²) in [6.45, 7) is 6.44. The lowest BCUT2D eigenvalue weighted by Crippen LogP contribution is -2.70. The first-order valence-electron chi connectivity index (χ1n) is 20.5. The minimum Gasteiger partial charge on any atom is -0.459 e. The third-order valence-electron chi connectivity index (χ3n) is 11.7. The van der Waals surface area contributed by atoms with Crippen molar-refractivity contribution in [3.8, 4) is 28.7 Å². The summed E-state index contributed by atoms with van der Waals surface area (Å²) in [5, 5.41) is 24.4. The normalized spacial score (nSPS) is 24.2. The zero-order chi connectivity index (χ0) is 41.4. The summed E-state index contributed by atoms with van der Waals surface area (Å²) in [4.78, 5) is 33.2. The Balaban J connectivity index is 1.43. The van der Waals surface area contributed by atoms with Gasteiger partial charge in [-0.25, -0.2) is 4.79 Å². The van der Waals surface area contributed by atoms with E-state index < -0.39 is 23.8 Å². The number of benzene rings is 3. The summed E-state index contributed by atoms with van der Waals surface area (Å²) in [6.07, 6.45) is 8.88. The average Bonchev–Trinajstić information content (AvgIpc) is 3.72. The first-order valence-corrected chi connectivity index (χ1v) is 20.5. The molecule has 0 spiro atoms. The van der Waals surface area contributed by atoms with Crippen molar-refractivity contribution in [1.29, 1.82) is 0 Å². The van der Waals surface area contributed by atoms with E-state index >= 15 is 0 Å². The number of nitrogens with zero attached hydrogens (tertiary/aromatic N) is 2. The fourth-order valence-electron chi connectivity index (χ4n) is 9.35. The van der Waals surface area contributed by atoms with E-state index in [4.69, 9.17) is 33.3 Å². The lowest BCUT2D eigenvalue weighted by molar-refractivity contribution is -0.256. The van der Waals surface area contributed by atoms with Crippen molar-refractivity contribution in [2.45, 2.75) is 76.2 Å². The summed E-state index contributed by atoms with van der Waals surface area (Å²) in [7, 11) is 1.51. The van der Waals surface area contributed by atoms with E-state index in [9.17, 15) is 19.8 Å². The van der Waals surface area contributed by atoms with Gasteiger partial charge >= 0.3 is 6.09 Å². The van der Waals surface area contributed by atoms with Gasteiger partial charge < -0.3 is 43.5 Å². The number of oxime groups is 1. The molecule has 1 amide bonds. The fourth-order valence-corrected chi connectivity index (χ4v) is 9.35. The summed E-state index contributed by atoms with van der Waals surface area (Å²) >= 11 is 0. The number of carbonyl (C=O) groups excluding carboxylic acids is 2. The second kappa shape index (κ2) is 19.1. The molecular formula is C46H54N2O11. The molecule has 1 saturated carbocycles. The number of hydrogen-bond donors (Lipinski definition) is 2. The molecule has 2 aliphatic heterocycles. The number of aliphatic hydroxyl groups is 2. The summed E-state index contributed by atoms with van der Waals surface area (Å²) < 4.78 is 37.8. The van der Waals surface area contributed by atoms with E-state index in [0.29, 0.717) is 52.9 Å². The molecule has 0 unspecified atom stereocenters. The molecule has 3 aromatic carbocycles. The van der Waals surface area contributed by atoms with E-state index in [1.165, 1.54) is 7.11 Å². The molecule has 13 heteroatoms. The van der Waals surface area contributed by atoms with Crippen LogP contribution in [0.1, 0.15) is 79.3 Å². The van der Waals surface area contributed by atoms with Gasteiger partial charge in [0, 0.05) is 43.2 Å². The van der Waals surface area contributed by atoms with Gasteiger partial charge in [0.15, 0.2) is 11.5 Å². The minimum atomic E-state index is -1.47. The van der Waals surface area contributed by atoms with Crippen LogP contribution in [0.15, 0.2) is 90.1 Å². The van der Waals surface area contributed by atoms with E-state index in [-0.39, 0.29) is 63.9 Å². The number of allylic oxidation sites excluding steroid dienone is 1. The Morgan fingerprint density at radius 3 is 2.53 bits per heavy atom. The van der Waals surface area contributed by atoms with E-state index in [0.717, 1.165) is 48.7 Å². The van der Waals surface area contributed by atoms with Gasteiger partial charge in [-0.3, -0.25) is 9.69 Å². The topological polar surface area (TPSA) is 155 Å². The van der Waals surface area contributed by atoms with Gasteiger partial charge in [0.05, 0.1) is 24.8 Å². The number of amides is 1. The maximum Gasteiger partial charge on any atom is 0.410 e. The number of aldehydes is 1. The highest BCUT2D eigenvalue weighted by Gasteiger charge is 2.65. The monoisotopic (exact) mass is 810 g/mol. The molecule has 2 heterocycles. The molecule has 2 aliphatic carbocycles. The van der Waals surface area contributed by atoms with Crippen molar-refractivity contribution >= 4 is 18.1 Å². The molecule has 2 N–H and O–H groups in total. The van der Waals surface area contributed by atoms with Crippen LogP contribution in [0.5, 0.6) is 28.7 Å². The zero-order valence-corrected chi connectivity index (χ0v) is 33.8. The summed E-state index contributed by atoms with van der Waals surface area (Å²) in [5.41, 5.74) is 3.76. The summed E-state index contributed by atoms with van der Waals surface area (Å²) in [5.74, 6) is 0.698. The Bertz CT molecular complexity index is 2030. The maximum atomic E-state index is 14.4. The van der Waals surface area contributed by atoms with Crippen LogP contribution in [-0.4, -0.2) is 85.4 Å². The van der Waals surface area contributed by atoms with Crippen LogP contribution in [0.25, 0.3) is 0 Å².